The summed E-state index contributed by atoms with van der Waals surface area (Å²) in [6.07, 6.45) is 2.28. The molecule has 0 fully saturated rings. The van der Waals surface area contributed by atoms with Crippen molar-refractivity contribution in [2.45, 2.75) is 6.92 Å². The summed E-state index contributed by atoms with van der Waals surface area (Å²) in [5, 5.41) is 8.50. The van der Waals surface area contributed by atoms with E-state index >= 15 is 0 Å². The summed E-state index contributed by atoms with van der Waals surface area (Å²) in [5.74, 6) is -0.694. The molecule has 0 aromatic carbocycles. The summed E-state index contributed by atoms with van der Waals surface area (Å²) in [4.78, 5) is 14.5. The zero-order valence-electron chi connectivity index (χ0n) is 8.81. The first-order valence-electron chi connectivity index (χ1n) is 4.71. The van der Waals surface area contributed by atoms with Gasteiger partial charge in [-0.1, -0.05) is 0 Å². The SMILES string of the molecule is Cc1ccc(OCCF)c(/C=C/C(=O)O)n1. The number of aryl methyl sites for hydroxylation is 1. The van der Waals surface area contributed by atoms with Crippen molar-refractivity contribution in [2.75, 3.05) is 13.3 Å². The molecular formula is C11H12FNO3. The van der Waals surface area contributed by atoms with Crippen LogP contribution in [0.25, 0.3) is 6.08 Å². The van der Waals surface area contributed by atoms with Crippen molar-refractivity contribution in [3.63, 3.8) is 0 Å². The van der Waals surface area contributed by atoms with Crippen LogP contribution >= 0.6 is 0 Å². The van der Waals surface area contributed by atoms with Crippen molar-refractivity contribution in [3.8, 4) is 5.75 Å². The molecule has 0 aliphatic rings. The van der Waals surface area contributed by atoms with Crippen LogP contribution < -0.4 is 4.74 Å². The van der Waals surface area contributed by atoms with Gasteiger partial charge in [0.2, 0.25) is 0 Å². The lowest BCUT2D eigenvalue weighted by Crippen LogP contribution is -2.02. The van der Waals surface area contributed by atoms with Crippen LogP contribution in [0.4, 0.5) is 4.39 Å². The van der Waals surface area contributed by atoms with Gasteiger partial charge in [0, 0.05) is 11.8 Å². The average molecular weight is 225 g/mol. The number of nitrogens with zero attached hydrogens (tertiary/aromatic N) is 1. The maximum atomic E-state index is 11.9. The standard InChI is InChI=1S/C11H12FNO3/c1-8-2-4-10(16-7-6-12)9(13-8)3-5-11(14)15/h2-5H,6-7H2,1H3,(H,14,15)/b5-3+. The largest absolute Gasteiger partial charge is 0.489 e. The van der Waals surface area contributed by atoms with Crippen LogP contribution in [0.5, 0.6) is 5.75 Å². The molecule has 1 aromatic heterocycles. The van der Waals surface area contributed by atoms with Gasteiger partial charge in [0.15, 0.2) is 0 Å². The van der Waals surface area contributed by atoms with E-state index in [2.05, 4.69) is 4.98 Å². The Morgan fingerprint density at radius 1 is 1.62 bits per heavy atom. The summed E-state index contributed by atoms with van der Waals surface area (Å²) in [7, 11) is 0. The van der Waals surface area contributed by atoms with Gasteiger partial charge in [0.25, 0.3) is 0 Å². The van der Waals surface area contributed by atoms with E-state index < -0.39 is 12.6 Å². The minimum absolute atomic E-state index is 0.0708. The Labute approximate surface area is 92.4 Å². The number of aromatic nitrogens is 1. The number of carboxylic acids is 1. The van der Waals surface area contributed by atoms with E-state index in [4.69, 9.17) is 9.84 Å². The third-order valence-corrected chi connectivity index (χ3v) is 1.74. The topological polar surface area (TPSA) is 59.4 Å². The number of carbonyl (C=O) groups is 1. The molecule has 1 aromatic rings. The molecule has 0 saturated carbocycles. The molecule has 86 valence electrons. The van der Waals surface area contributed by atoms with Gasteiger partial charge in [0.1, 0.15) is 24.7 Å². The summed E-state index contributed by atoms with van der Waals surface area (Å²) in [6.45, 7) is 1.10. The number of hydrogen-bond acceptors (Lipinski definition) is 3. The van der Waals surface area contributed by atoms with Gasteiger partial charge in [-0.3, -0.25) is 0 Å². The van der Waals surface area contributed by atoms with Crippen molar-refractivity contribution in [2.24, 2.45) is 0 Å². The van der Waals surface area contributed by atoms with Gasteiger partial charge in [0.05, 0.1) is 0 Å². The van der Waals surface area contributed by atoms with E-state index in [9.17, 15) is 9.18 Å². The molecule has 0 atom stereocenters. The number of rotatable bonds is 5. The first kappa shape index (κ1) is 12.2. The molecule has 0 aliphatic carbocycles. The lowest BCUT2D eigenvalue weighted by Gasteiger charge is -2.07. The highest BCUT2D eigenvalue weighted by molar-refractivity contribution is 5.85. The summed E-state index contributed by atoms with van der Waals surface area (Å²) >= 11 is 0. The smallest absolute Gasteiger partial charge is 0.328 e. The maximum absolute atomic E-state index is 11.9. The van der Waals surface area contributed by atoms with E-state index in [-0.39, 0.29) is 6.61 Å². The molecule has 0 saturated heterocycles. The average Bonchev–Trinajstić information content (AvgIpc) is 2.25. The normalized spacial score (nSPS) is 10.6. The molecule has 0 radical (unpaired) electrons. The lowest BCUT2D eigenvalue weighted by molar-refractivity contribution is -0.131. The molecule has 1 rings (SSSR count). The molecule has 0 amide bonds. The molecule has 5 heteroatoms. The van der Waals surface area contributed by atoms with Crippen LogP contribution in [0.3, 0.4) is 0 Å². The van der Waals surface area contributed by atoms with Crippen molar-refractivity contribution in [1.82, 2.24) is 4.98 Å². The quantitative estimate of drug-likeness (QED) is 0.777. The van der Waals surface area contributed by atoms with Gasteiger partial charge >= 0.3 is 5.97 Å². The van der Waals surface area contributed by atoms with Crippen LogP contribution in [0.2, 0.25) is 0 Å². The number of aliphatic carboxylic acids is 1. The Balaban J connectivity index is 2.93. The Bertz CT molecular complexity index is 404. The summed E-state index contributed by atoms with van der Waals surface area (Å²) in [6, 6.07) is 3.35. The van der Waals surface area contributed by atoms with Crippen molar-refractivity contribution < 1.29 is 19.0 Å². The van der Waals surface area contributed by atoms with Crippen molar-refractivity contribution in [1.29, 1.82) is 0 Å². The first-order chi connectivity index (χ1) is 7.63. The minimum Gasteiger partial charge on any atom is -0.489 e. The zero-order valence-corrected chi connectivity index (χ0v) is 8.81. The highest BCUT2D eigenvalue weighted by Gasteiger charge is 2.03. The number of hydrogen-bond donors (Lipinski definition) is 1. The van der Waals surface area contributed by atoms with Gasteiger partial charge in [-0.05, 0) is 25.1 Å². The fourth-order valence-corrected chi connectivity index (χ4v) is 1.10. The molecule has 0 spiro atoms. The third-order valence-electron chi connectivity index (χ3n) is 1.74. The molecular weight excluding hydrogens is 213 g/mol. The second-order valence-corrected chi connectivity index (χ2v) is 3.05. The van der Waals surface area contributed by atoms with Crippen LogP contribution in [-0.4, -0.2) is 29.3 Å². The van der Waals surface area contributed by atoms with E-state index in [0.29, 0.717) is 11.4 Å². The Morgan fingerprint density at radius 2 is 2.38 bits per heavy atom. The molecule has 16 heavy (non-hydrogen) atoms. The summed E-state index contributed by atoms with van der Waals surface area (Å²) in [5.41, 5.74) is 1.12. The van der Waals surface area contributed by atoms with Crippen LogP contribution in [0.1, 0.15) is 11.4 Å². The highest BCUT2D eigenvalue weighted by atomic mass is 19.1. The number of ether oxygens (including phenoxy) is 1. The summed E-state index contributed by atoms with van der Waals surface area (Å²) < 4.78 is 17.0. The predicted octanol–water partition coefficient (Wildman–Crippen LogP) is 1.84. The Hall–Kier alpha value is -1.91. The van der Waals surface area contributed by atoms with Crippen LogP contribution in [0.15, 0.2) is 18.2 Å². The first-order valence-corrected chi connectivity index (χ1v) is 4.71. The van der Waals surface area contributed by atoms with Gasteiger partial charge in [-0.15, -0.1) is 0 Å². The van der Waals surface area contributed by atoms with Gasteiger partial charge < -0.3 is 9.84 Å². The Kier molecular flexibility index (Phi) is 4.44. The lowest BCUT2D eigenvalue weighted by atomic mass is 10.2. The second-order valence-electron chi connectivity index (χ2n) is 3.05. The fourth-order valence-electron chi connectivity index (χ4n) is 1.10. The monoisotopic (exact) mass is 225 g/mol. The van der Waals surface area contributed by atoms with Crippen molar-refractivity contribution >= 4 is 12.0 Å². The number of alkyl halides is 1. The third kappa shape index (κ3) is 3.68. The maximum Gasteiger partial charge on any atom is 0.328 e. The molecule has 0 bridgehead atoms. The minimum atomic E-state index is -1.07. The van der Waals surface area contributed by atoms with E-state index in [1.807, 2.05) is 0 Å². The fraction of sp³-hybridized carbons (Fsp3) is 0.273. The molecule has 0 aliphatic heterocycles. The predicted molar refractivity (Wildman–Crippen MR) is 57.1 cm³/mol. The van der Waals surface area contributed by atoms with Gasteiger partial charge in [-0.25, -0.2) is 14.2 Å². The van der Waals surface area contributed by atoms with E-state index in [0.717, 1.165) is 11.8 Å². The zero-order chi connectivity index (χ0) is 12.0. The molecule has 0 unspecified atom stereocenters. The van der Waals surface area contributed by atoms with Crippen molar-refractivity contribution in [3.05, 3.63) is 29.6 Å². The highest BCUT2D eigenvalue weighted by Crippen LogP contribution is 2.18. The molecule has 1 N–H and O–H groups in total. The van der Waals surface area contributed by atoms with Gasteiger partial charge in [-0.2, -0.15) is 0 Å². The number of halogens is 1. The molecule has 4 nitrogen and oxygen atoms in total. The van der Waals surface area contributed by atoms with E-state index in [1.54, 1.807) is 19.1 Å². The van der Waals surface area contributed by atoms with E-state index in [1.165, 1.54) is 6.08 Å². The number of pyridine rings is 1. The molecule has 1 heterocycles. The number of carboxylic acid groups (broad SMARTS) is 1. The second kappa shape index (κ2) is 5.85. The van der Waals surface area contributed by atoms with Crippen LogP contribution in [-0.2, 0) is 4.79 Å². The Morgan fingerprint density at radius 3 is 3.00 bits per heavy atom. The van der Waals surface area contributed by atoms with Crippen LogP contribution in [0, 0.1) is 6.92 Å².